The van der Waals surface area contributed by atoms with Crippen LogP contribution in [0.5, 0.6) is 0 Å². The van der Waals surface area contributed by atoms with E-state index in [1.54, 1.807) is 24.7 Å². The molecule has 0 unspecified atom stereocenters. The standard InChI is InChI=1S/C27H29N7O2/c1-27(2,35)18-34-16-20-4-3-19(15-23(20)31-34)24-17-33-10-9-28-26(33)25(30-24)29-21-5-7-22(8-6-21)32-11-13-36-14-12-32/h3-10,15-17,35H,11-14,18H2,1-2H3,(H,29,30). The Morgan fingerprint density at radius 1 is 1.06 bits per heavy atom. The lowest BCUT2D eigenvalue weighted by molar-refractivity contribution is 0.0580. The molecule has 0 bridgehead atoms. The van der Waals surface area contributed by atoms with Crippen LogP contribution in [-0.2, 0) is 11.3 Å². The van der Waals surface area contributed by atoms with Crippen LogP contribution >= 0.6 is 0 Å². The minimum atomic E-state index is -0.833. The van der Waals surface area contributed by atoms with Crippen molar-refractivity contribution in [2.45, 2.75) is 26.0 Å². The molecule has 9 heteroatoms. The second-order valence-electron chi connectivity index (χ2n) is 9.82. The van der Waals surface area contributed by atoms with E-state index in [1.807, 2.05) is 41.2 Å². The number of hydrogen-bond donors (Lipinski definition) is 2. The maximum absolute atomic E-state index is 10.1. The number of morpholine rings is 1. The van der Waals surface area contributed by atoms with Gasteiger partial charge in [0.25, 0.3) is 0 Å². The zero-order valence-corrected chi connectivity index (χ0v) is 20.4. The van der Waals surface area contributed by atoms with Gasteiger partial charge < -0.3 is 24.5 Å². The van der Waals surface area contributed by atoms with Crippen LogP contribution in [0.3, 0.4) is 0 Å². The third-order valence-corrected chi connectivity index (χ3v) is 6.28. The predicted octanol–water partition coefficient (Wildman–Crippen LogP) is 4.10. The molecular weight excluding hydrogens is 454 g/mol. The summed E-state index contributed by atoms with van der Waals surface area (Å²) >= 11 is 0. The fourth-order valence-electron chi connectivity index (χ4n) is 4.57. The molecule has 4 heterocycles. The van der Waals surface area contributed by atoms with E-state index in [4.69, 9.17) is 9.72 Å². The lowest BCUT2D eigenvalue weighted by Crippen LogP contribution is -2.36. The summed E-state index contributed by atoms with van der Waals surface area (Å²) in [5.74, 6) is 0.685. The second kappa shape index (κ2) is 8.92. The first kappa shape index (κ1) is 22.5. The lowest BCUT2D eigenvalue weighted by Gasteiger charge is -2.28. The van der Waals surface area contributed by atoms with Gasteiger partial charge >= 0.3 is 0 Å². The number of anilines is 3. The number of nitrogens with one attached hydrogen (secondary N) is 1. The molecule has 0 amide bonds. The van der Waals surface area contributed by atoms with Crippen molar-refractivity contribution in [3.8, 4) is 11.3 Å². The van der Waals surface area contributed by atoms with Crippen molar-refractivity contribution in [1.29, 1.82) is 0 Å². The Balaban J connectivity index is 1.30. The van der Waals surface area contributed by atoms with E-state index in [9.17, 15) is 5.11 Å². The first-order valence-electron chi connectivity index (χ1n) is 12.1. The monoisotopic (exact) mass is 483 g/mol. The van der Waals surface area contributed by atoms with Crippen LogP contribution < -0.4 is 10.2 Å². The highest BCUT2D eigenvalue weighted by Crippen LogP contribution is 2.28. The molecule has 1 aliphatic rings. The van der Waals surface area contributed by atoms with Crippen LogP contribution in [0.1, 0.15) is 13.8 Å². The predicted molar refractivity (Wildman–Crippen MR) is 141 cm³/mol. The Kier molecular flexibility index (Phi) is 5.58. The number of nitrogens with zero attached hydrogens (tertiary/aromatic N) is 6. The Morgan fingerprint density at radius 3 is 2.64 bits per heavy atom. The highest BCUT2D eigenvalue weighted by Gasteiger charge is 2.16. The molecule has 5 aromatic rings. The van der Waals surface area contributed by atoms with Gasteiger partial charge in [0.2, 0.25) is 0 Å². The minimum absolute atomic E-state index is 0.425. The second-order valence-corrected chi connectivity index (χ2v) is 9.82. The van der Waals surface area contributed by atoms with Gasteiger partial charge in [-0.1, -0.05) is 12.1 Å². The van der Waals surface area contributed by atoms with Crippen molar-refractivity contribution < 1.29 is 9.84 Å². The average molecular weight is 484 g/mol. The van der Waals surface area contributed by atoms with Crippen molar-refractivity contribution in [1.82, 2.24) is 24.1 Å². The molecule has 0 saturated carbocycles. The van der Waals surface area contributed by atoms with E-state index in [0.29, 0.717) is 12.4 Å². The molecule has 0 aliphatic carbocycles. The summed E-state index contributed by atoms with van der Waals surface area (Å²) in [5, 5.41) is 19.3. The van der Waals surface area contributed by atoms with E-state index in [1.165, 1.54) is 5.69 Å². The normalized spacial score (nSPS) is 14.6. The molecular formula is C27H29N7O2. The maximum Gasteiger partial charge on any atom is 0.180 e. The van der Waals surface area contributed by atoms with Gasteiger partial charge in [-0.05, 0) is 44.2 Å². The van der Waals surface area contributed by atoms with E-state index in [2.05, 4.69) is 44.6 Å². The van der Waals surface area contributed by atoms with Gasteiger partial charge in [-0.3, -0.25) is 4.68 Å². The zero-order chi connectivity index (χ0) is 24.7. The lowest BCUT2D eigenvalue weighted by atomic mass is 10.1. The smallest absolute Gasteiger partial charge is 0.180 e. The van der Waals surface area contributed by atoms with E-state index >= 15 is 0 Å². The molecule has 0 radical (unpaired) electrons. The van der Waals surface area contributed by atoms with Crippen LogP contribution in [0.4, 0.5) is 17.2 Å². The SMILES string of the molecule is CC(C)(O)Cn1cc2ccc(-c3cn4ccnc4c(Nc4ccc(N5CCOCC5)cc4)n3)cc2n1. The van der Waals surface area contributed by atoms with Gasteiger partial charge in [0.1, 0.15) is 0 Å². The van der Waals surface area contributed by atoms with E-state index < -0.39 is 5.60 Å². The number of hydrogen-bond acceptors (Lipinski definition) is 7. The molecule has 184 valence electrons. The number of benzene rings is 2. The largest absolute Gasteiger partial charge is 0.389 e. The van der Waals surface area contributed by atoms with Crippen molar-refractivity contribution in [3.63, 3.8) is 0 Å². The Morgan fingerprint density at radius 2 is 1.86 bits per heavy atom. The topological polar surface area (TPSA) is 92.7 Å². The molecule has 6 rings (SSSR count). The number of rotatable bonds is 6. The summed E-state index contributed by atoms with van der Waals surface area (Å²) < 4.78 is 9.22. The third-order valence-electron chi connectivity index (χ3n) is 6.28. The third kappa shape index (κ3) is 4.62. The minimum Gasteiger partial charge on any atom is -0.389 e. The molecule has 2 aromatic carbocycles. The van der Waals surface area contributed by atoms with Crippen molar-refractivity contribution in [2.75, 3.05) is 36.5 Å². The summed E-state index contributed by atoms with van der Waals surface area (Å²) in [6.07, 6.45) is 7.62. The molecule has 0 spiro atoms. The van der Waals surface area contributed by atoms with Gasteiger partial charge in [0, 0.05) is 60.2 Å². The number of fused-ring (bicyclic) bond motifs is 2. The number of imidazole rings is 1. The van der Waals surface area contributed by atoms with Gasteiger partial charge in [-0.15, -0.1) is 0 Å². The molecule has 2 N–H and O–H groups in total. The first-order chi connectivity index (χ1) is 17.4. The Hall–Kier alpha value is -3.95. The molecule has 1 aliphatic heterocycles. The summed E-state index contributed by atoms with van der Waals surface area (Å²) in [4.78, 5) is 11.8. The molecule has 1 fully saturated rings. The molecule has 9 nitrogen and oxygen atoms in total. The van der Waals surface area contributed by atoms with Crippen LogP contribution in [0, 0.1) is 0 Å². The average Bonchev–Trinajstić information content (AvgIpc) is 3.50. The van der Waals surface area contributed by atoms with Gasteiger partial charge in [0.05, 0.1) is 36.6 Å². The summed E-state index contributed by atoms with van der Waals surface area (Å²) in [6.45, 7) is 7.32. The Labute approximate surface area is 209 Å². The number of ether oxygens (including phenoxy) is 1. The van der Waals surface area contributed by atoms with Gasteiger partial charge in [0.15, 0.2) is 11.5 Å². The molecule has 36 heavy (non-hydrogen) atoms. The van der Waals surface area contributed by atoms with E-state index in [0.717, 1.165) is 59.8 Å². The number of aliphatic hydroxyl groups is 1. The van der Waals surface area contributed by atoms with Crippen LogP contribution in [-0.4, -0.2) is 61.2 Å². The highest BCUT2D eigenvalue weighted by atomic mass is 16.5. The molecule has 3 aromatic heterocycles. The fraction of sp³-hybridized carbons (Fsp3) is 0.296. The first-order valence-corrected chi connectivity index (χ1v) is 12.1. The van der Waals surface area contributed by atoms with Gasteiger partial charge in [-0.25, -0.2) is 9.97 Å². The van der Waals surface area contributed by atoms with E-state index in [-0.39, 0.29) is 0 Å². The highest BCUT2D eigenvalue weighted by molar-refractivity contribution is 5.84. The summed E-state index contributed by atoms with van der Waals surface area (Å²) in [7, 11) is 0. The quantitative estimate of drug-likeness (QED) is 0.376. The van der Waals surface area contributed by atoms with Crippen molar-refractivity contribution in [2.24, 2.45) is 0 Å². The van der Waals surface area contributed by atoms with Crippen molar-refractivity contribution in [3.05, 3.63) is 67.3 Å². The Bertz CT molecular complexity index is 1510. The van der Waals surface area contributed by atoms with Crippen LogP contribution in [0.2, 0.25) is 0 Å². The summed E-state index contributed by atoms with van der Waals surface area (Å²) in [5.41, 5.74) is 4.68. The molecule has 1 saturated heterocycles. The van der Waals surface area contributed by atoms with Crippen molar-refractivity contribution >= 4 is 33.7 Å². The van der Waals surface area contributed by atoms with Gasteiger partial charge in [-0.2, -0.15) is 5.10 Å². The fourth-order valence-corrected chi connectivity index (χ4v) is 4.57. The zero-order valence-electron chi connectivity index (χ0n) is 20.4. The maximum atomic E-state index is 10.1. The number of aromatic nitrogens is 5. The molecule has 0 atom stereocenters. The van der Waals surface area contributed by atoms with Crippen LogP contribution in [0.25, 0.3) is 27.8 Å². The van der Waals surface area contributed by atoms with Crippen LogP contribution in [0.15, 0.2) is 67.3 Å². The summed E-state index contributed by atoms with van der Waals surface area (Å²) in [6, 6.07) is 14.5.